The van der Waals surface area contributed by atoms with E-state index in [-0.39, 0.29) is 30.2 Å². The molecule has 0 bridgehead atoms. The van der Waals surface area contributed by atoms with Gasteiger partial charge >= 0.3 is 0 Å². The third-order valence-corrected chi connectivity index (χ3v) is 5.82. The van der Waals surface area contributed by atoms with Crippen LogP contribution in [0.4, 0.5) is 4.39 Å². The maximum atomic E-state index is 13.0. The quantitative estimate of drug-likeness (QED) is 0.521. The molecule has 1 atom stereocenters. The summed E-state index contributed by atoms with van der Waals surface area (Å²) in [6, 6.07) is 4.76. The summed E-state index contributed by atoms with van der Waals surface area (Å²) in [5.74, 6) is -2.40. The van der Waals surface area contributed by atoms with Crippen LogP contribution in [0.2, 0.25) is 0 Å². The van der Waals surface area contributed by atoms with E-state index < -0.39 is 51.4 Å². The number of benzene rings is 1. The minimum Gasteiger partial charge on any atom is -0.391 e. The maximum Gasteiger partial charge on any atom is 0.270 e. The van der Waals surface area contributed by atoms with Crippen molar-refractivity contribution in [1.82, 2.24) is 20.2 Å². The molecule has 0 radical (unpaired) electrons. The van der Waals surface area contributed by atoms with Crippen LogP contribution < -0.4 is 10.9 Å². The van der Waals surface area contributed by atoms with Crippen molar-refractivity contribution in [2.75, 3.05) is 18.6 Å². The van der Waals surface area contributed by atoms with Gasteiger partial charge in [0.1, 0.15) is 23.1 Å². The normalized spacial score (nSPS) is 16.2. The molecule has 0 aliphatic carbocycles. The molecule has 3 N–H and O–H groups in total. The Morgan fingerprint density at radius 2 is 2.00 bits per heavy atom. The Hall–Kier alpha value is -3.12. The fraction of sp³-hybridized carbons (Fsp3) is 0.400. The van der Waals surface area contributed by atoms with Gasteiger partial charge in [-0.1, -0.05) is 12.1 Å². The highest BCUT2D eigenvalue weighted by Gasteiger charge is 2.34. The third kappa shape index (κ3) is 5.56. The average molecular weight is 466 g/mol. The minimum absolute atomic E-state index is 0.0379. The largest absolute Gasteiger partial charge is 0.391 e. The van der Waals surface area contributed by atoms with Crippen LogP contribution in [0, 0.1) is 5.82 Å². The lowest BCUT2D eigenvalue weighted by Crippen LogP contribution is -2.37. The first-order valence-corrected chi connectivity index (χ1v) is 11.9. The van der Waals surface area contributed by atoms with Gasteiger partial charge in [0.2, 0.25) is 5.91 Å². The Balaban J connectivity index is 1.87. The number of nitrogens with one attached hydrogen (secondary N) is 2. The topological polar surface area (TPSA) is 150 Å². The Labute approximate surface area is 183 Å². The molecule has 1 aromatic heterocycles. The van der Waals surface area contributed by atoms with E-state index in [0.29, 0.717) is 18.4 Å². The number of nitrogens with zero attached hydrogens (tertiary/aromatic N) is 2. The van der Waals surface area contributed by atoms with Crippen molar-refractivity contribution in [1.29, 1.82) is 0 Å². The molecule has 2 amide bonds. The summed E-state index contributed by atoms with van der Waals surface area (Å²) in [5.41, 5.74) is -0.649. The highest BCUT2D eigenvalue weighted by molar-refractivity contribution is 7.91. The summed E-state index contributed by atoms with van der Waals surface area (Å²) in [7, 11) is -3.55. The van der Waals surface area contributed by atoms with Gasteiger partial charge in [-0.3, -0.25) is 14.4 Å². The molecule has 172 valence electrons. The lowest BCUT2D eigenvalue weighted by Gasteiger charge is -2.24. The number of carbonyl (C=O) groups excluding carboxylic acids is 2. The molecule has 0 saturated carbocycles. The van der Waals surface area contributed by atoms with Crippen LogP contribution in [-0.4, -0.2) is 58.8 Å². The van der Waals surface area contributed by atoms with Crippen molar-refractivity contribution < 1.29 is 27.5 Å². The molecule has 2 heterocycles. The van der Waals surface area contributed by atoms with Crippen LogP contribution in [-0.2, 0) is 27.8 Å². The molecule has 12 heteroatoms. The number of aliphatic hydroxyl groups is 1. The predicted molar refractivity (Wildman–Crippen MR) is 112 cm³/mol. The number of rotatable bonds is 7. The monoisotopic (exact) mass is 466 g/mol. The van der Waals surface area contributed by atoms with Crippen LogP contribution in [0.5, 0.6) is 0 Å². The van der Waals surface area contributed by atoms with Gasteiger partial charge in [0, 0.05) is 19.3 Å². The second kappa shape index (κ2) is 9.57. The van der Waals surface area contributed by atoms with Crippen LogP contribution >= 0.6 is 0 Å². The number of H-pyrrole nitrogens is 1. The van der Waals surface area contributed by atoms with Crippen molar-refractivity contribution in [2.24, 2.45) is 0 Å². The van der Waals surface area contributed by atoms with Gasteiger partial charge in [0.05, 0.1) is 18.2 Å². The Bertz CT molecular complexity index is 1180. The number of aromatic nitrogens is 2. The number of aromatic amines is 1. The number of likely N-dealkylation sites (tertiary alicyclic amines) is 1. The molecular formula is C20H23FN4O6S. The predicted octanol–water partition coefficient (Wildman–Crippen LogP) is 0.0394. The van der Waals surface area contributed by atoms with Crippen molar-refractivity contribution in [3.63, 3.8) is 0 Å². The van der Waals surface area contributed by atoms with Gasteiger partial charge in [0.15, 0.2) is 9.84 Å². The zero-order valence-electron chi connectivity index (χ0n) is 17.3. The molecule has 1 aliphatic heterocycles. The van der Waals surface area contributed by atoms with E-state index in [1.807, 2.05) is 0 Å². The Morgan fingerprint density at radius 1 is 1.31 bits per heavy atom. The summed E-state index contributed by atoms with van der Waals surface area (Å²) in [6.07, 6.45) is 1.95. The number of hydrogen-bond donors (Lipinski definition) is 3. The summed E-state index contributed by atoms with van der Waals surface area (Å²) in [4.78, 5) is 45.7. The lowest BCUT2D eigenvalue weighted by atomic mass is 10.1. The highest BCUT2D eigenvalue weighted by Crippen LogP contribution is 2.30. The number of halogens is 1. The van der Waals surface area contributed by atoms with Gasteiger partial charge < -0.3 is 20.3 Å². The standard InChI is InChI=1S/C20H23FN4O6S/c1-32(30,31)11-16(27)25-8-2-3-15(25)18-23-17(14(10-26)19(28)24-18)20(29)22-9-12-4-6-13(21)7-5-12/h4-7,15,26H,2-3,8-11H2,1H3,(H,22,29)(H,23,24,28). The number of carbonyl (C=O) groups is 2. The van der Waals surface area contributed by atoms with Crippen LogP contribution in [0.1, 0.15) is 46.3 Å². The van der Waals surface area contributed by atoms with Crippen molar-refractivity contribution in [3.8, 4) is 0 Å². The van der Waals surface area contributed by atoms with Crippen LogP contribution in [0.15, 0.2) is 29.1 Å². The van der Waals surface area contributed by atoms with Crippen LogP contribution in [0.3, 0.4) is 0 Å². The van der Waals surface area contributed by atoms with Crippen LogP contribution in [0.25, 0.3) is 0 Å². The SMILES string of the molecule is CS(=O)(=O)CC(=O)N1CCCC1c1nc(C(=O)NCc2ccc(F)cc2)c(CO)c(=O)[nH]1. The number of sulfone groups is 1. The first kappa shape index (κ1) is 23.5. The van der Waals surface area contributed by atoms with Crippen molar-refractivity contribution in [2.45, 2.75) is 32.0 Å². The zero-order chi connectivity index (χ0) is 23.5. The number of aliphatic hydroxyl groups excluding tert-OH is 1. The lowest BCUT2D eigenvalue weighted by molar-refractivity contribution is -0.129. The molecule has 3 rings (SSSR count). The first-order valence-electron chi connectivity index (χ1n) is 9.83. The highest BCUT2D eigenvalue weighted by atomic mass is 32.2. The molecule has 1 aliphatic rings. The van der Waals surface area contributed by atoms with E-state index in [0.717, 1.165) is 6.26 Å². The summed E-state index contributed by atoms with van der Waals surface area (Å²) < 4.78 is 36.1. The van der Waals surface area contributed by atoms with Gasteiger partial charge in [-0.25, -0.2) is 17.8 Å². The molecule has 2 aromatic rings. The second-order valence-electron chi connectivity index (χ2n) is 7.56. The third-order valence-electron chi connectivity index (χ3n) is 5.05. The second-order valence-corrected chi connectivity index (χ2v) is 9.70. The molecule has 0 spiro atoms. The molecule has 10 nitrogen and oxygen atoms in total. The molecule has 1 aromatic carbocycles. The van der Waals surface area contributed by atoms with Crippen molar-refractivity contribution in [3.05, 3.63) is 63.1 Å². The molecule has 1 saturated heterocycles. The molecular weight excluding hydrogens is 443 g/mol. The van der Waals surface area contributed by atoms with Gasteiger partial charge in [-0.05, 0) is 30.5 Å². The Morgan fingerprint density at radius 3 is 2.62 bits per heavy atom. The number of hydrogen-bond acceptors (Lipinski definition) is 7. The molecule has 1 fully saturated rings. The Kier molecular flexibility index (Phi) is 7.04. The van der Waals surface area contributed by atoms with E-state index in [9.17, 15) is 32.3 Å². The summed E-state index contributed by atoms with van der Waals surface area (Å²) >= 11 is 0. The maximum absolute atomic E-state index is 13.0. The fourth-order valence-corrected chi connectivity index (χ4v) is 4.15. The summed E-state index contributed by atoms with van der Waals surface area (Å²) in [5, 5.41) is 12.1. The van der Waals surface area contributed by atoms with E-state index >= 15 is 0 Å². The fourth-order valence-electron chi connectivity index (χ4n) is 3.53. The molecule has 32 heavy (non-hydrogen) atoms. The number of amides is 2. The van der Waals surface area contributed by atoms with Gasteiger partial charge in [-0.2, -0.15) is 0 Å². The van der Waals surface area contributed by atoms with E-state index in [4.69, 9.17) is 0 Å². The van der Waals surface area contributed by atoms with E-state index in [1.165, 1.54) is 29.2 Å². The van der Waals surface area contributed by atoms with Gasteiger partial charge in [-0.15, -0.1) is 0 Å². The zero-order valence-corrected chi connectivity index (χ0v) is 18.1. The smallest absolute Gasteiger partial charge is 0.270 e. The first-order chi connectivity index (χ1) is 15.1. The molecule has 1 unspecified atom stereocenters. The van der Waals surface area contributed by atoms with Crippen molar-refractivity contribution >= 4 is 21.7 Å². The summed E-state index contributed by atoms with van der Waals surface area (Å²) in [6.45, 7) is -0.407. The average Bonchev–Trinajstić information content (AvgIpc) is 3.21. The van der Waals surface area contributed by atoms with E-state index in [1.54, 1.807) is 0 Å². The van der Waals surface area contributed by atoms with Gasteiger partial charge in [0.25, 0.3) is 11.5 Å². The minimum atomic E-state index is -3.55. The van der Waals surface area contributed by atoms with E-state index in [2.05, 4.69) is 15.3 Å².